The number of benzene rings is 1. The Balaban J connectivity index is 2.20. The highest BCUT2D eigenvalue weighted by atomic mass is 19.4. The zero-order valence-electron chi connectivity index (χ0n) is 11.3. The fourth-order valence-corrected chi connectivity index (χ4v) is 1.75. The Kier molecular flexibility index (Phi) is 4.13. The maximum absolute atomic E-state index is 12.7. The van der Waals surface area contributed by atoms with Crippen molar-refractivity contribution in [2.45, 2.75) is 32.6 Å². The van der Waals surface area contributed by atoms with Crippen molar-refractivity contribution in [1.82, 2.24) is 15.3 Å². The van der Waals surface area contributed by atoms with Crippen molar-refractivity contribution in [3.8, 4) is 11.4 Å². The number of hydrogen-bond donors (Lipinski definition) is 2. The zero-order chi connectivity index (χ0) is 14.8. The molecule has 2 N–H and O–H groups in total. The van der Waals surface area contributed by atoms with Crippen LogP contribution in [0.2, 0.25) is 0 Å². The Morgan fingerprint density at radius 2 is 2.05 bits per heavy atom. The predicted octanol–water partition coefficient (Wildman–Crippen LogP) is 3.59. The number of nitrogens with one attached hydrogen (secondary N) is 2. The molecule has 0 bridgehead atoms. The lowest BCUT2D eigenvalue weighted by Gasteiger charge is -2.07. The summed E-state index contributed by atoms with van der Waals surface area (Å²) in [5.74, 6) is 0.441. The van der Waals surface area contributed by atoms with Crippen molar-refractivity contribution in [2.75, 3.05) is 0 Å². The van der Waals surface area contributed by atoms with E-state index in [2.05, 4.69) is 15.3 Å². The normalized spacial score (nSPS) is 12.1. The Morgan fingerprint density at radius 3 is 2.70 bits per heavy atom. The molecule has 1 aromatic carbocycles. The molecule has 6 heteroatoms. The van der Waals surface area contributed by atoms with Gasteiger partial charge in [-0.1, -0.05) is 26.0 Å². The molecule has 0 aliphatic carbocycles. The van der Waals surface area contributed by atoms with Crippen LogP contribution in [0.4, 0.5) is 13.2 Å². The Bertz CT molecular complexity index is 573. The molecule has 2 aromatic rings. The van der Waals surface area contributed by atoms with Gasteiger partial charge in [0.2, 0.25) is 0 Å². The van der Waals surface area contributed by atoms with E-state index in [0.29, 0.717) is 24.0 Å². The molecule has 0 radical (unpaired) electrons. The first-order chi connectivity index (χ1) is 9.36. The molecule has 0 saturated heterocycles. The maximum Gasteiger partial charge on any atom is 0.416 e. The average Bonchev–Trinajstić information content (AvgIpc) is 2.84. The number of aromatic nitrogens is 2. The minimum Gasteiger partial charge on any atom is -0.341 e. The molecular weight excluding hydrogens is 267 g/mol. The lowest BCUT2D eigenvalue weighted by molar-refractivity contribution is -0.137. The molecule has 1 aromatic heterocycles. The summed E-state index contributed by atoms with van der Waals surface area (Å²) >= 11 is 0. The van der Waals surface area contributed by atoms with Gasteiger partial charge in [-0.2, -0.15) is 13.2 Å². The van der Waals surface area contributed by atoms with E-state index >= 15 is 0 Å². The minimum absolute atomic E-state index is 0.329. The quantitative estimate of drug-likeness (QED) is 0.900. The van der Waals surface area contributed by atoms with Gasteiger partial charge in [0.05, 0.1) is 5.56 Å². The van der Waals surface area contributed by atoms with Crippen LogP contribution in [0.5, 0.6) is 0 Å². The lowest BCUT2D eigenvalue weighted by Crippen LogP contribution is -2.21. The summed E-state index contributed by atoms with van der Waals surface area (Å²) < 4.78 is 38.0. The molecule has 2 rings (SSSR count). The second-order valence-electron chi connectivity index (χ2n) is 4.87. The standard InChI is InChI=1S/C14H16F3N3/c1-9(2)18-7-12-8-19-13(20-12)10-4-3-5-11(6-10)14(15,16)17/h3-6,8-9,18H,7H2,1-2H3,(H,19,20). The van der Waals surface area contributed by atoms with E-state index < -0.39 is 11.7 Å². The number of hydrogen-bond acceptors (Lipinski definition) is 2. The van der Waals surface area contributed by atoms with Gasteiger partial charge < -0.3 is 10.3 Å². The van der Waals surface area contributed by atoms with Gasteiger partial charge >= 0.3 is 6.18 Å². The van der Waals surface area contributed by atoms with E-state index in [9.17, 15) is 13.2 Å². The van der Waals surface area contributed by atoms with E-state index in [-0.39, 0.29) is 0 Å². The van der Waals surface area contributed by atoms with Crippen LogP contribution in [0, 0.1) is 0 Å². The van der Waals surface area contributed by atoms with E-state index in [1.807, 2.05) is 13.8 Å². The molecule has 0 aliphatic heterocycles. The van der Waals surface area contributed by atoms with Crippen LogP contribution in [0.25, 0.3) is 11.4 Å². The van der Waals surface area contributed by atoms with Crippen molar-refractivity contribution >= 4 is 0 Å². The van der Waals surface area contributed by atoms with Gasteiger partial charge in [-0.25, -0.2) is 4.98 Å². The molecule has 0 aliphatic rings. The van der Waals surface area contributed by atoms with Gasteiger partial charge in [-0.05, 0) is 12.1 Å². The van der Waals surface area contributed by atoms with Gasteiger partial charge in [-0.15, -0.1) is 0 Å². The van der Waals surface area contributed by atoms with Gasteiger partial charge in [-0.3, -0.25) is 0 Å². The zero-order valence-corrected chi connectivity index (χ0v) is 11.3. The highest BCUT2D eigenvalue weighted by Gasteiger charge is 2.30. The third kappa shape index (κ3) is 3.60. The van der Waals surface area contributed by atoms with Crippen molar-refractivity contribution in [3.63, 3.8) is 0 Å². The fourth-order valence-electron chi connectivity index (χ4n) is 1.75. The number of halogens is 3. The van der Waals surface area contributed by atoms with Gasteiger partial charge in [0.15, 0.2) is 0 Å². The van der Waals surface area contributed by atoms with E-state index in [0.717, 1.165) is 17.8 Å². The first-order valence-electron chi connectivity index (χ1n) is 6.31. The number of nitrogens with zero attached hydrogens (tertiary/aromatic N) is 1. The summed E-state index contributed by atoms with van der Waals surface area (Å²) in [4.78, 5) is 7.15. The number of H-pyrrole nitrogens is 1. The van der Waals surface area contributed by atoms with Crippen molar-refractivity contribution < 1.29 is 13.2 Å². The van der Waals surface area contributed by atoms with Crippen LogP contribution in [-0.4, -0.2) is 16.0 Å². The molecule has 0 saturated carbocycles. The van der Waals surface area contributed by atoms with Gasteiger partial charge in [0.25, 0.3) is 0 Å². The smallest absolute Gasteiger partial charge is 0.341 e. The average molecular weight is 283 g/mol. The largest absolute Gasteiger partial charge is 0.416 e. The summed E-state index contributed by atoms with van der Waals surface area (Å²) in [6, 6.07) is 5.46. The first-order valence-corrected chi connectivity index (χ1v) is 6.31. The lowest BCUT2D eigenvalue weighted by atomic mass is 10.1. The third-order valence-corrected chi connectivity index (χ3v) is 2.79. The molecule has 20 heavy (non-hydrogen) atoms. The summed E-state index contributed by atoms with van der Waals surface area (Å²) in [6.07, 6.45) is -2.71. The predicted molar refractivity (Wildman–Crippen MR) is 71.0 cm³/mol. The SMILES string of the molecule is CC(C)NCc1cnc(-c2cccc(C(F)(F)F)c2)[nH]1. The van der Waals surface area contributed by atoms with E-state index in [1.54, 1.807) is 12.3 Å². The second-order valence-corrected chi connectivity index (χ2v) is 4.87. The summed E-state index contributed by atoms with van der Waals surface area (Å²) in [5.41, 5.74) is 0.593. The van der Waals surface area contributed by atoms with Crippen molar-refractivity contribution in [2.24, 2.45) is 0 Å². The second kappa shape index (κ2) is 5.66. The highest BCUT2D eigenvalue weighted by Crippen LogP contribution is 2.31. The Hall–Kier alpha value is -1.82. The molecule has 3 nitrogen and oxygen atoms in total. The van der Waals surface area contributed by atoms with E-state index in [4.69, 9.17) is 0 Å². The third-order valence-electron chi connectivity index (χ3n) is 2.79. The van der Waals surface area contributed by atoms with Crippen LogP contribution in [0.3, 0.4) is 0 Å². The molecule has 1 heterocycles. The monoisotopic (exact) mass is 283 g/mol. The Morgan fingerprint density at radius 1 is 1.30 bits per heavy atom. The molecular formula is C14H16F3N3. The van der Waals surface area contributed by atoms with Gasteiger partial charge in [0, 0.05) is 30.0 Å². The molecule has 0 fully saturated rings. The van der Waals surface area contributed by atoms with Crippen LogP contribution < -0.4 is 5.32 Å². The maximum atomic E-state index is 12.7. The number of rotatable bonds is 4. The topological polar surface area (TPSA) is 40.7 Å². The minimum atomic E-state index is -4.34. The number of alkyl halides is 3. The molecule has 0 spiro atoms. The van der Waals surface area contributed by atoms with Crippen LogP contribution in [-0.2, 0) is 12.7 Å². The van der Waals surface area contributed by atoms with Gasteiger partial charge in [0.1, 0.15) is 5.82 Å². The summed E-state index contributed by atoms with van der Waals surface area (Å²) in [7, 11) is 0. The molecule has 0 unspecified atom stereocenters. The molecule has 108 valence electrons. The number of imidazole rings is 1. The molecule has 0 atom stereocenters. The number of aromatic amines is 1. The summed E-state index contributed by atoms with van der Waals surface area (Å²) in [5, 5.41) is 3.21. The first kappa shape index (κ1) is 14.6. The van der Waals surface area contributed by atoms with Crippen molar-refractivity contribution in [1.29, 1.82) is 0 Å². The van der Waals surface area contributed by atoms with Crippen LogP contribution in [0.1, 0.15) is 25.1 Å². The van der Waals surface area contributed by atoms with Crippen LogP contribution in [0.15, 0.2) is 30.5 Å². The summed E-state index contributed by atoms with van der Waals surface area (Å²) in [6.45, 7) is 4.64. The van der Waals surface area contributed by atoms with Crippen LogP contribution >= 0.6 is 0 Å². The van der Waals surface area contributed by atoms with E-state index in [1.165, 1.54) is 6.07 Å². The highest BCUT2D eigenvalue weighted by molar-refractivity contribution is 5.56. The Labute approximate surface area is 115 Å². The molecule has 0 amide bonds. The fraction of sp³-hybridized carbons (Fsp3) is 0.357. The van der Waals surface area contributed by atoms with Crippen molar-refractivity contribution in [3.05, 3.63) is 41.7 Å².